The van der Waals surface area contributed by atoms with E-state index in [1.54, 1.807) is 0 Å². The Kier molecular flexibility index (Phi) is 46.2. The standard InChI is InChI=1S/Hf.4HI.4H2O/h;4*1H;4*1H2/q+4;;;;;;;;/p-4. The molecule has 0 atom stereocenters. The third-order valence-corrected chi connectivity index (χ3v) is 0. The molecule has 4 nitrogen and oxygen atoms in total. The molecular formula is H8HfI4O4. The van der Waals surface area contributed by atoms with Crippen LogP contribution in [0.4, 0.5) is 0 Å². The summed E-state index contributed by atoms with van der Waals surface area (Å²) in [7, 11) is 0. The van der Waals surface area contributed by atoms with E-state index in [0.29, 0.717) is 0 Å². The zero-order valence-electron chi connectivity index (χ0n) is 4.01. The topological polar surface area (TPSA) is 126 Å². The zero-order chi connectivity index (χ0) is 4.50. The summed E-state index contributed by atoms with van der Waals surface area (Å²) < 4.78 is -1.40. The molecule has 0 bridgehead atoms. The van der Waals surface area contributed by atoms with Gasteiger partial charge in [0.1, 0.15) is 0 Å². The molecule has 0 radical (unpaired) electrons. The Morgan fingerprint density at radius 2 is 0.556 bits per heavy atom. The normalized spacial score (nSPS) is 6.67. The van der Waals surface area contributed by atoms with Gasteiger partial charge in [-0.15, -0.1) is 0 Å². The molecule has 0 aromatic carbocycles. The molecule has 0 saturated carbocycles. The van der Waals surface area contributed by atoms with Gasteiger partial charge in [0, 0.05) is 0 Å². The van der Waals surface area contributed by atoms with E-state index in [0.717, 1.165) is 0 Å². The molecule has 0 aliphatic carbocycles. The maximum absolute atomic E-state index is 2.56. The number of hydrogen-bond donors (Lipinski definition) is 0. The van der Waals surface area contributed by atoms with Crippen molar-refractivity contribution in [3.63, 3.8) is 0 Å². The van der Waals surface area contributed by atoms with E-state index in [4.69, 9.17) is 0 Å². The predicted molar refractivity (Wildman–Crippen MR) is 70.5 cm³/mol. The molecule has 9 heavy (non-hydrogen) atoms. The fourth-order valence-corrected chi connectivity index (χ4v) is 0. The van der Waals surface area contributed by atoms with Crippen molar-refractivity contribution in [2.75, 3.05) is 0 Å². The van der Waals surface area contributed by atoms with Crippen LogP contribution in [0.2, 0.25) is 0 Å². The SMILES string of the molecule is O.O.O.O.[I][Hf]([I])([I])[I]. The quantitative estimate of drug-likeness (QED) is 0.248. The second-order valence-corrected chi connectivity index (χ2v) is 158. The number of halogens is 4. The van der Waals surface area contributed by atoms with Gasteiger partial charge in [-0.3, -0.25) is 0 Å². The summed E-state index contributed by atoms with van der Waals surface area (Å²) in [4.78, 5) is 0. The molecule has 0 aromatic heterocycles. The van der Waals surface area contributed by atoms with E-state index in [2.05, 4.69) is 72.5 Å². The molecule has 9 heteroatoms. The molecule has 8 N–H and O–H groups in total. The monoisotopic (exact) mass is 760 g/mol. The maximum atomic E-state index is 2.56. The van der Waals surface area contributed by atoms with Crippen LogP contribution in [0.5, 0.6) is 0 Å². The van der Waals surface area contributed by atoms with Gasteiger partial charge in [-0.05, 0) is 0 Å². The minimum absolute atomic E-state index is 0. The molecule has 0 spiro atoms. The van der Waals surface area contributed by atoms with Crippen molar-refractivity contribution in [1.82, 2.24) is 0 Å². The Bertz CT molecular complexity index is 28.0. The van der Waals surface area contributed by atoms with E-state index in [1.807, 2.05) is 0 Å². The van der Waals surface area contributed by atoms with Gasteiger partial charge in [0.15, 0.2) is 0 Å². The van der Waals surface area contributed by atoms with Crippen LogP contribution in [0.3, 0.4) is 0 Å². The van der Waals surface area contributed by atoms with E-state index < -0.39 is 3.35 Å². The van der Waals surface area contributed by atoms with Crippen molar-refractivity contribution < 1.29 is 25.3 Å². The van der Waals surface area contributed by atoms with E-state index in [9.17, 15) is 0 Å². The van der Waals surface area contributed by atoms with Crippen molar-refractivity contribution >= 4 is 72.5 Å². The van der Waals surface area contributed by atoms with Gasteiger partial charge in [-0.1, -0.05) is 0 Å². The summed E-state index contributed by atoms with van der Waals surface area (Å²) in [5.74, 6) is 0. The summed E-state index contributed by atoms with van der Waals surface area (Å²) in [6.07, 6.45) is 0. The van der Waals surface area contributed by atoms with Gasteiger partial charge < -0.3 is 21.9 Å². The summed E-state index contributed by atoms with van der Waals surface area (Å²) in [6.45, 7) is 0. The molecular weight excluding hydrogens is 750 g/mol. The van der Waals surface area contributed by atoms with Crippen LogP contribution < -0.4 is 0 Å². The van der Waals surface area contributed by atoms with Crippen molar-refractivity contribution in [3.8, 4) is 0 Å². The van der Waals surface area contributed by atoms with E-state index in [-0.39, 0.29) is 21.9 Å². The van der Waals surface area contributed by atoms with Gasteiger partial charge in [0.2, 0.25) is 0 Å². The molecule has 0 fully saturated rings. The Balaban J connectivity index is -0.0000000133. The average molecular weight is 758 g/mol. The third-order valence-electron chi connectivity index (χ3n) is 0. The Labute approximate surface area is 94.9 Å². The first-order valence-corrected chi connectivity index (χ1v) is 41.5. The molecule has 0 saturated heterocycles. The Hall–Kier alpha value is 3.63. The molecule has 0 aliphatic rings. The second kappa shape index (κ2) is 14.2. The Morgan fingerprint density at radius 3 is 0.556 bits per heavy atom. The fourth-order valence-electron chi connectivity index (χ4n) is 0. The van der Waals surface area contributed by atoms with Crippen molar-refractivity contribution in [2.24, 2.45) is 0 Å². The molecule has 0 aromatic rings. The van der Waals surface area contributed by atoms with Crippen molar-refractivity contribution in [1.29, 1.82) is 0 Å². The van der Waals surface area contributed by atoms with Crippen LogP contribution in [-0.4, -0.2) is 21.9 Å². The fraction of sp³-hybridized carbons (Fsp3) is 0. The molecule has 0 aliphatic heterocycles. The van der Waals surface area contributed by atoms with Gasteiger partial charge in [-0.2, -0.15) is 0 Å². The van der Waals surface area contributed by atoms with Crippen LogP contribution in [0.1, 0.15) is 0 Å². The van der Waals surface area contributed by atoms with Gasteiger partial charge in [-0.25, -0.2) is 0 Å². The van der Waals surface area contributed by atoms with E-state index >= 15 is 0 Å². The van der Waals surface area contributed by atoms with Crippen LogP contribution in [-0.2, 0) is 3.35 Å². The summed E-state index contributed by atoms with van der Waals surface area (Å²) in [5, 5.41) is 0. The second-order valence-electron chi connectivity index (χ2n) is 0.429. The molecule has 0 unspecified atom stereocenters. The van der Waals surface area contributed by atoms with Gasteiger partial charge in [0.05, 0.1) is 0 Å². The number of hydrogen-bond acceptors (Lipinski definition) is 0. The van der Waals surface area contributed by atoms with Crippen LogP contribution in [0, 0.1) is 0 Å². The summed E-state index contributed by atoms with van der Waals surface area (Å²) in [5.41, 5.74) is 0. The Morgan fingerprint density at radius 1 is 0.556 bits per heavy atom. The molecule has 0 heterocycles. The minimum atomic E-state index is -1.40. The van der Waals surface area contributed by atoms with Crippen LogP contribution in [0.15, 0.2) is 0 Å². The third kappa shape index (κ3) is 81.8. The van der Waals surface area contributed by atoms with Crippen LogP contribution >= 0.6 is 72.5 Å². The molecule has 64 valence electrons. The number of rotatable bonds is 0. The van der Waals surface area contributed by atoms with E-state index in [1.165, 1.54) is 0 Å². The van der Waals surface area contributed by atoms with Gasteiger partial charge in [0.25, 0.3) is 0 Å². The van der Waals surface area contributed by atoms with Crippen molar-refractivity contribution in [2.45, 2.75) is 0 Å². The summed E-state index contributed by atoms with van der Waals surface area (Å²) >= 11 is 10.2. The zero-order valence-corrected chi connectivity index (χ0v) is 16.2. The first-order chi connectivity index (χ1) is 2.00. The van der Waals surface area contributed by atoms with Gasteiger partial charge >= 0.3 is 75.9 Å². The van der Waals surface area contributed by atoms with Crippen LogP contribution in [0.25, 0.3) is 0 Å². The predicted octanol–water partition coefficient (Wildman–Crippen LogP) is 0.241. The molecule has 0 amide bonds. The first kappa shape index (κ1) is 29.3. The molecule has 0 rings (SSSR count). The average Bonchev–Trinajstić information content (AvgIpc) is 0.722. The van der Waals surface area contributed by atoms with Crippen molar-refractivity contribution in [3.05, 3.63) is 0 Å². The first-order valence-electron chi connectivity index (χ1n) is 0.756. The summed E-state index contributed by atoms with van der Waals surface area (Å²) in [6, 6.07) is 0.